The van der Waals surface area contributed by atoms with E-state index in [9.17, 15) is 18.8 Å². The van der Waals surface area contributed by atoms with Crippen LogP contribution in [0.2, 0.25) is 0 Å². The monoisotopic (exact) mass is 511 g/mol. The van der Waals surface area contributed by atoms with Crippen molar-refractivity contribution in [2.24, 2.45) is 33.8 Å². The molecule has 0 spiro atoms. The van der Waals surface area contributed by atoms with Crippen LogP contribution in [0.1, 0.15) is 36.8 Å². The lowest BCUT2D eigenvalue weighted by Crippen LogP contribution is -2.51. The summed E-state index contributed by atoms with van der Waals surface area (Å²) in [5.74, 6) is -2.08. The Bertz CT molecular complexity index is 1120. The number of hydrogen-bond donors (Lipinski definition) is 6. The van der Waals surface area contributed by atoms with Crippen molar-refractivity contribution in [2.45, 2.75) is 56.7 Å². The first-order valence-electron chi connectivity index (χ1n) is 12.2. The number of nitrogens with two attached hydrogens (primary N) is 4. The number of aliphatic imine (C=N–C) groups is 1. The molecule has 1 aliphatic carbocycles. The number of primary amides is 1. The molecule has 2 aromatic rings. The second-order valence-corrected chi connectivity index (χ2v) is 9.38. The Kier molecular flexibility index (Phi) is 9.56. The summed E-state index contributed by atoms with van der Waals surface area (Å²) in [5.41, 5.74) is 24.5. The first-order chi connectivity index (χ1) is 17.6. The first kappa shape index (κ1) is 27.6. The van der Waals surface area contributed by atoms with Crippen molar-refractivity contribution in [2.75, 3.05) is 0 Å². The van der Waals surface area contributed by atoms with E-state index in [1.165, 1.54) is 12.1 Å². The maximum absolute atomic E-state index is 13.2. The minimum absolute atomic E-state index is 0.0404. The SMILES string of the molecule is NC(=O)[C@H](Cc1ccc(F)cc1)NC(=O)[C@H]1CCC[C@@H](NC(=O)[C@@H](N)Cc2ccc(N=C(N)N)cc2)C1. The average molecular weight is 512 g/mol. The van der Waals surface area contributed by atoms with Gasteiger partial charge < -0.3 is 33.6 Å². The number of guanidine groups is 1. The molecular weight excluding hydrogens is 477 g/mol. The van der Waals surface area contributed by atoms with Crippen molar-refractivity contribution in [3.8, 4) is 0 Å². The third kappa shape index (κ3) is 8.57. The van der Waals surface area contributed by atoms with Gasteiger partial charge in [-0.05, 0) is 61.1 Å². The number of nitrogens with one attached hydrogen (secondary N) is 2. The van der Waals surface area contributed by atoms with Crippen LogP contribution in [0, 0.1) is 11.7 Å². The lowest BCUT2D eigenvalue weighted by atomic mass is 9.84. The van der Waals surface area contributed by atoms with Crippen LogP contribution in [0.4, 0.5) is 10.1 Å². The largest absolute Gasteiger partial charge is 0.370 e. The highest BCUT2D eigenvalue weighted by Crippen LogP contribution is 2.25. The lowest BCUT2D eigenvalue weighted by Gasteiger charge is -2.30. The van der Waals surface area contributed by atoms with Crippen LogP contribution in [-0.4, -0.2) is 41.8 Å². The Morgan fingerprint density at radius 1 is 0.946 bits per heavy atom. The Morgan fingerprint density at radius 2 is 1.57 bits per heavy atom. The van der Waals surface area contributed by atoms with Crippen molar-refractivity contribution >= 4 is 29.4 Å². The zero-order valence-corrected chi connectivity index (χ0v) is 20.5. The van der Waals surface area contributed by atoms with Crippen LogP contribution in [0.5, 0.6) is 0 Å². The smallest absolute Gasteiger partial charge is 0.240 e. The van der Waals surface area contributed by atoms with Gasteiger partial charge in [-0.3, -0.25) is 14.4 Å². The number of halogens is 1. The number of carbonyl (C=O) groups excluding carboxylic acids is 3. The number of nitrogens with zero attached hydrogens (tertiary/aromatic N) is 1. The molecule has 0 heterocycles. The summed E-state index contributed by atoms with van der Waals surface area (Å²) < 4.78 is 13.2. The van der Waals surface area contributed by atoms with Crippen LogP contribution < -0.4 is 33.6 Å². The van der Waals surface area contributed by atoms with Crippen LogP contribution in [0.15, 0.2) is 53.5 Å². The fourth-order valence-electron chi connectivity index (χ4n) is 4.44. The molecule has 4 atom stereocenters. The van der Waals surface area contributed by atoms with Crippen molar-refractivity contribution in [3.63, 3.8) is 0 Å². The summed E-state index contributed by atoms with van der Waals surface area (Å²) in [6.45, 7) is 0. The highest BCUT2D eigenvalue weighted by molar-refractivity contribution is 5.88. The van der Waals surface area contributed by atoms with E-state index in [4.69, 9.17) is 22.9 Å². The van der Waals surface area contributed by atoms with Gasteiger partial charge in [0.2, 0.25) is 17.7 Å². The lowest BCUT2D eigenvalue weighted by molar-refractivity contribution is -0.131. The molecule has 0 aliphatic heterocycles. The fourth-order valence-corrected chi connectivity index (χ4v) is 4.44. The van der Waals surface area contributed by atoms with Gasteiger partial charge in [-0.2, -0.15) is 0 Å². The third-order valence-corrected chi connectivity index (χ3v) is 6.39. The quantitative estimate of drug-likeness (QED) is 0.198. The maximum atomic E-state index is 13.2. The summed E-state index contributed by atoms with van der Waals surface area (Å²) in [7, 11) is 0. The average Bonchev–Trinajstić information content (AvgIpc) is 2.85. The second kappa shape index (κ2) is 12.8. The molecule has 3 rings (SSSR count). The minimum atomic E-state index is -0.917. The summed E-state index contributed by atoms with van der Waals surface area (Å²) in [6, 6.07) is 10.9. The van der Waals surface area contributed by atoms with Crippen LogP contribution in [0.3, 0.4) is 0 Å². The predicted octanol–water partition coefficient (Wildman–Crippen LogP) is 0.488. The summed E-state index contributed by atoms with van der Waals surface area (Å²) in [4.78, 5) is 41.5. The maximum Gasteiger partial charge on any atom is 0.240 e. The van der Waals surface area contributed by atoms with Gasteiger partial charge in [0.1, 0.15) is 11.9 Å². The highest BCUT2D eigenvalue weighted by atomic mass is 19.1. The normalized spacial score (nSPS) is 18.8. The van der Waals surface area contributed by atoms with E-state index in [0.29, 0.717) is 30.5 Å². The first-order valence-corrected chi connectivity index (χ1v) is 12.2. The highest BCUT2D eigenvalue weighted by Gasteiger charge is 2.31. The van der Waals surface area contributed by atoms with E-state index < -0.39 is 18.0 Å². The van der Waals surface area contributed by atoms with Gasteiger partial charge in [-0.15, -0.1) is 0 Å². The molecule has 0 aromatic heterocycles. The summed E-state index contributed by atoms with van der Waals surface area (Å²) in [5, 5.41) is 5.68. The second-order valence-electron chi connectivity index (χ2n) is 9.38. The standard InChI is InChI=1S/C26H34FN7O3/c27-18-8-4-16(5-9-18)13-22(23(29)35)34-24(36)17-2-1-3-20(14-17)32-25(37)21(28)12-15-6-10-19(11-7-15)33-26(30)31/h4-11,17,20-22H,1-3,12-14,28H2,(H2,29,35)(H,32,37)(H,34,36)(H4,30,31,33)/t17-,20+,21-,22-/m0/s1. The Labute approximate surface area is 215 Å². The van der Waals surface area contributed by atoms with E-state index in [1.807, 2.05) is 0 Å². The number of hydrogen-bond acceptors (Lipinski definition) is 5. The zero-order valence-electron chi connectivity index (χ0n) is 20.5. The van der Waals surface area contributed by atoms with Gasteiger partial charge in [0.15, 0.2) is 5.96 Å². The van der Waals surface area contributed by atoms with Gasteiger partial charge in [-0.1, -0.05) is 30.7 Å². The molecular formula is C26H34FN7O3. The Hall–Kier alpha value is -3.99. The fraction of sp³-hybridized carbons (Fsp3) is 0.385. The summed E-state index contributed by atoms with van der Waals surface area (Å²) in [6.07, 6.45) is 3.02. The van der Waals surface area contributed by atoms with E-state index >= 15 is 0 Å². The molecule has 37 heavy (non-hydrogen) atoms. The zero-order chi connectivity index (χ0) is 26.9. The van der Waals surface area contributed by atoms with Crippen molar-refractivity contribution < 1.29 is 18.8 Å². The third-order valence-electron chi connectivity index (χ3n) is 6.39. The Morgan fingerprint density at radius 3 is 2.19 bits per heavy atom. The number of carbonyl (C=O) groups is 3. The molecule has 0 radical (unpaired) electrons. The van der Waals surface area contributed by atoms with Crippen molar-refractivity contribution in [3.05, 3.63) is 65.5 Å². The molecule has 1 aliphatic rings. The van der Waals surface area contributed by atoms with E-state index in [2.05, 4.69) is 15.6 Å². The number of benzene rings is 2. The molecule has 10 nitrogen and oxygen atoms in total. The molecule has 0 bridgehead atoms. The van der Waals surface area contributed by atoms with Crippen LogP contribution in [0.25, 0.3) is 0 Å². The van der Waals surface area contributed by atoms with Gasteiger partial charge in [-0.25, -0.2) is 9.38 Å². The van der Waals surface area contributed by atoms with E-state index in [1.54, 1.807) is 36.4 Å². The number of rotatable bonds is 10. The molecule has 1 fully saturated rings. The van der Waals surface area contributed by atoms with Crippen LogP contribution in [-0.2, 0) is 27.2 Å². The molecule has 11 heteroatoms. The molecule has 0 saturated heterocycles. The minimum Gasteiger partial charge on any atom is -0.370 e. The molecule has 2 aromatic carbocycles. The summed E-state index contributed by atoms with van der Waals surface area (Å²) >= 11 is 0. The predicted molar refractivity (Wildman–Crippen MR) is 139 cm³/mol. The molecule has 3 amide bonds. The molecule has 1 saturated carbocycles. The molecule has 0 unspecified atom stereocenters. The molecule has 10 N–H and O–H groups in total. The number of amides is 3. The van der Waals surface area contributed by atoms with Gasteiger partial charge in [0, 0.05) is 18.4 Å². The topological polar surface area (TPSA) is 192 Å². The van der Waals surface area contributed by atoms with Gasteiger partial charge in [0.25, 0.3) is 0 Å². The van der Waals surface area contributed by atoms with E-state index in [-0.39, 0.29) is 42.0 Å². The van der Waals surface area contributed by atoms with Crippen molar-refractivity contribution in [1.82, 2.24) is 10.6 Å². The van der Waals surface area contributed by atoms with Crippen molar-refractivity contribution in [1.29, 1.82) is 0 Å². The Balaban J connectivity index is 1.51. The molecule has 198 valence electrons. The van der Waals surface area contributed by atoms with Crippen LogP contribution >= 0.6 is 0 Å². The van der Waals surface area contributed by atoms with Gasteiger partial charge >= 0.3 is 0 Å². The van der Waals surface area contributed by atoms with E-state index in [0.717, 1.165) is 18.4 Å². The van der Waals surface area contributed by atoms with Gasteiger partial charge in [0.05, 0.1) is 11.7 Å².